The molecule has 1 aliphatic heterocycles. The summed E-state index contributed by atoms with van der Waals surface area (Å²) in [6.45, 7) is 2.50. The largest absolute Gasteiger partial charge is 0.477 e. The number of nitro benzene ring substituents is 1. The Morgan fingerprint density at radius 3 is 3.10 bits per heavy atom. The molecule has 1 fully saturated rings. The number of fused-ring (bicyclic) bond motifs is 1. The lowest BCUT2D eigenvalue weighted by atomic mass is 10.1. The first-order valence-corrected chi connectivity index (χ1v) is 6.47. The van der Waals surface area contributed by atoms with Crippen LogP contribution in [0.1, 0.15) is 6.42 Å². The van der Waals surface area contributed by atoms with Crippen LogP contribution in [0.2, 0.25) is 0 Å². The van der Waals surface area contributed by atoms with Crippen LogP contribution in [0, 0.1) is 16.0 Å². The molecular weight excluding hydrogens is 260 g/mol. The fraction of sp³-hybridized carbons (Fsp3) is 0.385. The van der Waals surface area contributed by atoms with Gasteiger partial charge in [0.05, 0.1) is 22.4 Å². The predicted octanol–water partition coefficient (Wildman–Crippen LogP) is 1.53. The number of nitrogens with zero attached hydrogens (tertiary/aromatic N) is 3. The van der Waals surface area contributed by atoms with Crippen LogP contribution >= 0.6 is 0 Å². The summed E-state index contributed by atoms with van der Waals surface area (Å²) in [7, 11) is 0. The molecule has 2 aromatic rings. The average molecular weight is 274 g/mol. The van der Waals surface area contributed by atoms with Crippen LogP contribution in [0.3, 0.4) is 0 Å². The Bertz CT molecular complexity index is 641. The SMILES string of the molecule is O=[N+]([O-])c1ccc2ncnc(OCC3CCNC3)c2c1. The zero-order valence-corrected chi connectivity index (χ0v) is 10.8. The molecule has 0 radical (unpaired) electrons. The molecule has 20 heavy (non-hydrogen) atoms. The van der Waals surface area contributed by atoms with E-state index < -0.39 is 4.92 Å². The summed E-state index contributed by atoms with van der Waals surface area (Å²) in [6, 6.07) is 4.50. The molecule has 0 aliphatic carbocycles. The molecule has 7 heteroatoms. The summed E-state index contributed by atoms with van der Waals surface area (Å²) < 4.78 is 5.72. The third-order valence-corrected chi connectivity index (χ3v) is 3.41. The van der Waals surface area contributed by atoms with E-state index >= 15 is 0 Å². The van der Waals surface area contributed by atoms with Gasteiger partial charge in [-0.25, -0.2) is 9.97 Å². The number of nitrogens with one attached hydrogen (secondary N) is 1. The van der Waals surface area contributed by atoms with Gasteiger partial charge in [-0.3, -0.25) is 10.1 Å². The van der Waals surface area contributed by atoms with Crippen molar-refractivity contribution in [2.24, 2.45) is 5.92 Å². The van der Waals surface area contributed by atoms with E-state index in [9.17, 15) is 10.1 Å². The molecule has 1 saturated heterocycles. The van der Waals surface area contributed by atoms with Crippen LogP contribution in [0.4, 0.5) is 5.69 Å². The molecule has 7 nitrogen and oxygen atoms in total. The summed E-state index contributed by atoms with van der Waals surface area (Å²) in [5.74, 6) is 0.865. The average Bonchev–Trinajstić information content (AvgIpc) is 2.97. The first-order chi connectivity index (χ1) is 9.74. The number of benzene rings is 1. The molecular formula is C13H14N4O3. The molecule has 1 aromatic carbocycles. The molecule has 0 amide bonds. The van der Waals surface area contributed by atoms with Gasteiger partial charge in [0.25, 0.3) is 5.69 Å². The highest BCUT2D eigenvalue weighted by atomic mass is 16.6. The van der Waals surface area contributed by atoms with E-state index in [2.05, 4.69) is 15.3 Å². The van der Waals surface area contributed by atoms with Crippen molar-refractivity contribution in [1.29, 1.82) is 0 Å². The van der Waals surface area contributed by atoms with Crippen molar-refractivity contribution >= 4 is 16.6 Å². The normalized spacial score (nSPS) is 18.3. The third kappa shape index (κ3) is 2.53. The molecule has 1 unspecified atom stereocenters. The number of hydrogen-bond acceptors (Lipinski definition) is 6. The molecule has 1 aliphatic rings. The maximum atomic E-state index is 10.8. The second kappa shape index (κ2) is 5.38. The number of nitro groups is 1. The highest BCUT2D eigenvalue weighted by Crippen LogP contribution is 2.26. The minimum absolute atomic E-state index is 0.0136. The van der Waals surface area contributed by atoms with Crippen molar-refractivity contribution in [3.8, 4) is 5.88 Å². The predicted molar refractivity (Wildman–Crippen MR) is 72.7 cm³/mol. The topological polar surface area (TPSA) is 90.2 Å². The Kier molecular flexibility index (Phi) is 3.42. The summed E-state index contributed by atoms with van der Waals surface area (Å²) in [4.78, 5) is 18.6. The number of non-ortho nitro benzene ring substituents is 1. The van der Waals surface area contributed by atoms with Crippen LogP contribution in [0.5, 0.6) is 5.88 Å². The van der Waals surface area contributed by atoms with Crippen molar-refractivity contribution < 1.29 is 9.66 Å². The lowest BCUT2D eigenvalue weighted by Crippen LogP contribution is -2.16. The fourth-order valence-electron chi connectivity index (χ4n) is 2.30. The summed E-state index contributed by atoms with van der Waals surface area (Å²) in [5, 5.41) is 14.7. The van der Waals surface area contributed by atoms with E-state index in [0.717, 1.165) is 19.5 Å². The van der Waals surface area contributed by atoms with Gasteiger partial charge in [-0.05, 0) is 19.0 Å². The van der Waals surface area contributed by atoms with Crippen LogP contribution in [-0.4, -0.2) is 34.6 Å². The first kappa shape index (κ1) is 12.7. The fourth-order valence-corrected chi connectivity index (χ4v) is 2.30. The minimum Gasteiger partial charge on any atom is -0.477 e. The van der Waals surface area contributed by atoms with Crippen molar-refractivity contribution in [2.45, 2.75) is 6.42 Å². The lowest BCUT2D eigenvalue weighted by molar-refractivity contribution is -0.384. The van der Waals surface area contributed by atoms with Crippen molar-refractivity contribution in [3.05, 3.63) is 34.6 Å². The zero-order chi connectivity index (χ0) is 13.9. The Balaban J connectivity index is 1.88. The van der Waals surface area contributed by atoms with Crippen molar-refractivity contribution in [2.75, 3.05) is 19.7 Å². The molecule has 1 aromatic heterocycles. The molecule has 1 atom stereocenters. The van der Waals surface area contributed by atoms with E-state index in [1.54, 1.807) is 6.07 Å². The Hall–Kier alpha value is -2.28. The zero-order valence-electron chi connectivity index (χ0n) is 10.8. The minimum atomic E-state index is -0.433. The standard InChI is InChI=1S/C13H14N4O3/c18-17(19)10-1-2-12-11(5-10)13(16-8-15-12)20-7-9-3-4-14-6-9/h1-2,5,8-9,14H,3-4,6-7H2. The van der Waals surface area contributed by atoms with Gasteiger partial charge in [0, 0.05) is 24.6 Å². The van der Waals surface area contributed by atoms with Gasteiger partial charge in [-0.15, -0.1) is 0 Å². The van der Waals surface area contributed by atoms with Gasteiger partial charge >= 0.3 is 0 Å². The van der Waals surface area contributed by atoms with Crippen LogP contribution in [0.15, 0.2) is 24.5 Å². The monoisotopic (exact) mass is 274 g/mol. The molecule has 2 heterocycles. The summed E-state index contributed by atoms with van der Waals surface area (Å²) in [6.07, 6.45) is 2.49. The van der Waals surface area contributed by atoms with Crippen molar-refractivity contribution in [3.63, 3.8) is 0 Å². The lowest BCUT2D eigenvalue weighted by Gasteiger charge is -2.11. The molecule has 104 valence electrons. The second-order valence-electron chi connectivity index (χ2n) is 4.81. The van der Waals surface area contributed by atoms with Crippen LogP contribution in [-0.2, 0) is 0 Å². The first-order valence-electron chi connectivity index (χ1n) is 6.47. The molecule has 1 N–H and O–H groups in total. The number of ether oxygens (including phenoxy) is 1. The highest BCUT2D eigenvalue weighted by Gasteiger charge is 2.17. The van der Waals surface area contributed by atoms with E-state index in [4.69, 9.17) is 4.74 Å². The van der Waals surface area contributed by atoms with E-state index in [1.807, 2.05) is 0 Å². The van der Waals surface area contributed by atoms with Gasteiger partial charge in [0.1, 0.15) is 6.33 Å². The molecule has 3 rings (SSSR count). The number of aromatic nitrogens is 2. The van der Waals surface area contributed by atoms with E-state index in [-0.39, 0.29) is 5.69 Å². The Labute approximate surface area is 115 Å². The second-order valence-corrected chi connectivity index (χ2v) is 4.81. The Morgan fingerprint density at radius 1 is 1.45 bits per heavy atom. The maximum absolute atomic E-state index is 10.8. The quantitative estimate of drug-likeness (QED) is 0.671. The highest BCUT2D eigenvalue weighted by molar-refractivity contribution is 5.85. The van der Waals surface area contributed by atoms with Crippen molar-refractivity contribution in [1.82, 2.24) is 15.3 Å². The van der Waals surface area contributed by atoms with Crippen LogP contribution < -0.4 is 10.1 Å². The summed E-state index contributed by atoms with van der Waals surface area (Å²) >= 11 is 0. The number of hydrogen-bond donors (Lipinski definition) is 1. The molecule has 0 saturated carbocycles. The molecule has 0 bridgehead atoms. The smallest absolute Gasteiger partial charge is 0.270 e. The van der Waals surface area contributed by atoms with Crippen LogP contribution in [0.25, 0.3) is 10.9 Å². The van der Waals surface area contributed by atoms with E-state index in [0.29, 0.717) is 29.3 Å². The summed E-state index contributed by atoms with van der Waals surface area (Å²) in [5.41, 5.74) is 0.657. The van der Waals surface area contributed by atoms with Gasteiger partial charge < -0.3 is 10.1 Å². The number of rotatable bonds is 4. The van der Waals surface area contributed by atoms with Gasteiger partial charge in [-0.1, -0.05) is 0 Å². The third-order valence-electron chi connectivity index (χ3n) is 3.41. The van der Waals surface area contributed by atoms with E-state index in [1.165, 1.54) is 18.5 Å². The van der Waals surface area contributed by atoms with Gasteiger partial charge in [0.2, 0.25) is 5.88 Å². The van der Waals surface area contributed by atoms with Gasteiger partial charge in [0.15, 0.2) is 0 Å². The van der Waals surface area contributed by atoms with Gasteiger partial charge in [-0.2, -0.15) is 0 Å². The molecule has 0 spiro atoms. The Morgan fingerprint density at radius 2 is 2.35 bits per heavy atom. The maximum Gasteiger partial charge on any atom is 0.270 e.